The van der Waals surface area contributed by atoms with E-state index < -0.39 is 0 Å². The number of ether oxygens (including phenoxy) is 2. The Hall–Kier alpha value is -1.02. The second-order valence-corrected chi connectivity index (χ2v) is 18.2. The fourth-order valence-corrected chi connectivity index (χ4v) is 8.77. The van der Waals surface area contributed by atoms with E-state index in [1.165, 1.54) is 205 Å². The van der Waals surface area contributed by atoms with Crippen molar-refractivity contribution in [3.8, 4) is 0 Å². The lowest BCUT2D eigenvalue weighted by Gasteiger charge is -2.29. The van der Waals surface area contributed by atoms with Crippen LogP contribution in [-0.2, 0) is 19.1 Å². The molecule has 0 aromatic rings. The maximum absolute atomic E-state index is 8.36. The number of hydrogen-bond donors (Lipinski definition) is 2. The molecule has 7 nitrogen and oxygen atoms in total. The van der Waals surface area contributed by atoms with E-state index in [0.29, 0.717) is 6.04 Å². The zero-order valence-corrected chi connectivity index (χ0v) is 41.2. The Morgan fingerprint density at radius 2 is 0.864 bits per heavy atom. The third-order valence-electron chi connectivity index (χ3n) is 12.8. The van der Waals surface area contributed by atoms with Gasteiger partial charge in [0.1, 0.15) is 6.79 Å². The first kappa shape index (κ1) is 62.3. The zero-order valence-electron chi connectivity index (χ0n) is 41.2. The predicted octanol–water partition coefficient (Wildman–Crippen LogP) is 15.5. The molecule has 1 saturated heterocycles. The number of hydrogen-bond acceptors (Lipinski definition) is 6. The van der Waals surface area contributed by atoms with Gasteiger partial charge in [0.15, 0.2) is 5.79 Å². The van der Waals surface area contributed by atoms with Crippen molar-refractivity contribution >= 4 is 13.3 Å². The molecule has 1 atom stereocenters. The Bertz CT molecular complexity index is 735. The van der Waals surface area contributed by atoms with Gasteiger partial charge in [-0.05, 0) is 52.0 Å². The van der Waals surface area contributed by atoms with Crippen LogP contribution in [0.3, 0.4) is 0 Å². The maximum Gasteiger partial charge on any atom is 0.290 e. The number of carbonyl (C=O) groups is 2. The molecule has 2 N–H and O–H groups in total. The summed E-state index contributed by atoms with van der Waals surface area (Å²) in [5.41, 5.74) is 0. The molecule has 1 unspecified atom stereocenters. The van der Waals surface area contributed by atoms with Crippen molar-refractivity contribution in [1.82, 2.24) is 4.90 Å². The molecule has 0 spiro atoms. The van der Waals surface area contributed by atoms with Gasteiger partial charge in [0.05, 0.1) is 12.7 Å². The van der Waals surface area contributed by atoms with Crippen molar-refractivity contribution in [2.24, 2.45) is 11.8 Å². The van der Waals surface area contributed by atoms with E-state index >= 15 is 0 Å². The number of unbranched alkanes of at least 4 members (excludes halogenated alkanes) is 20. The molecule has 1 heterocycles. The number of aliphatic hydroxyl groups excluding tert-OH is 1. The lowest BCUT2D eigenvalue weighted by molar-refractivity contribution is -0.180. The van der Waals surface area contributed by atoms with Gasteiger partial charge < -0.3 is 29.4 Å². The fraction of sp³-hybridized carbons (Fsp3) is 0.962. The van der Waals surface area contributed by atoms with E-state index in [1.807, 2.05) is 6.79 Å². The summed E-state index contributed by atoms with van der Waals surface area (Å²) >= 11 is 0. The van der Waals surface area contributed by atoms with Gasteiger partial charge in [-0.25, -0.2) is 0 Å². The molecule has 0 aliphatic carbocycles. The molecule has 0 aromatic heterocycles. The highest BCUT2D eigenvalue weighted by Crippen LogP contribution is 2.36. The number of nitrogens with zero attached hydrogens (tertiary/aromatic N) is 1. The second kappa shape index (κ2) is 49.6. The summed E-state index contributed by atoms with van der Waals surface area (Å²) in [5.74, 6) is 1.69. The zero-order chi connectivity index (χ0) is 44.7. The average Bonchev–Trinajstić information content (AvgIpc) is 3.65. The predicted molar refractivity (Wildman–Crippen MR) is 257 cm³/mol. The number of carboxylic acid groups (broad SMARTS) is 1. The SMILES string of the molecule is C=O.CCCCCC(CCCCC)CCCCCCCCCC1(CCCCCCCCCC(CCCCC)CCCCC)OCC(CCN(C)C(C)C)O1.CO.O=CO. The molecule has 7 heteroatoms. The summed E-state index contributed by atoms with van der Waals surface area (Å²) in [7, 11) is 3.24. The van der Waals surface area contributed by atoms with E-state index in [1.54, 1.807) is 0 Å². The highest BCUT2D eigenvalue weighted by Gasteiger charge is 2.40. The van der Waals surface area contributed by atoms with E-state index in [-0.39, 0.29) is 18.4 Å². The van der Waals surface area contributed by atoms with E-state index in [4.69, 9.17) is 29.3 Å². The molecule has 1 aliphatic heterocycles. The number of rotatable bonds is 40. The molecule has 356 valence electrons. The standard InChI is InChI=1S/C49H99NO2.CH2O2.CH4O.CH2O/c1-8-12-26-34-46(35-27-13-9-2)38-30-22-18-16-20-24-32-41-49(51-44-48(52-49)40-43-50(7)45(5)6)42-33-25-21-17-19-23-31-39-47(36-28-14-10-3)37-29-15-11-4;2-1-3;2*1-2/h45-48H,8-44H2,1-7H3;1H,(H,2,3);2H,1H3;1H2. The van der Waals surface area contributed by atoms with E-state index in [9.17, 15) is 0 Å². The Kier molecular flexibility index (Phi) is 52.4. The van der Waals surface area contributed by atoms with Crippen LogP contribution < -0.4 is 0 Å². The van der Waals surface area contributed by atoms with Gasteiger partial charge in [-0.15, -0.1) is 0 Å². The molecular formula is C52H107NO6. The average molecular weight is 842 g/mol. The molecule has 1 rings (SSSR count). The molecule has 0 saturated carbocycles. The molecule has 59 heavy (non-hydrogen) atoms. The van der Waals surface area contributed by atoms with Crippen LogP contribution in [0.2, 0.25) is 0 Å². The van der Waals surface area contributed by atoms with Crippen molar-refractivity contribution in [1.29, 1.82) is 0 Å². The number of aliphatic hydroxyl groups is 1. The normalized spacial score (nSPS) is 14.6. The minimum Gasteiger partial charge on any atom is -0.483 e. The monoisotopic (exact) mass is 842 g/mol. The summed E-state index contributed by atoms with van der Waals surface area (Å²) in [5, 5.41) is 13.9. The van der Waals surface area contributed by atoms with Crippen molar-refractivity contribution in [2.45, 2.75) is 284 Å². The highest BCUT2D eigenvalue weighted by molar-refractivity contribution is 5.32. The van der Waals surface area contributed by atoms with Crippen molar-refractivity contribution in [2.75, 3.05) is 27.3 Å². The first-order valence-corrected chi connectivity index (χ1v) is 25.6. The minimum absolute atomic E-state index is 0.250. The van der Waals surface area contributed by atoms with E-state index in [0.717, 1.165) is 51.4 Å². The Morgan fingerprint density at radius 1 is 0.576 bits per heavy atom. The first-order valence-electron chi connectivity index (χ1n) is 25.6. The molecule has 1 aliphatic rings. The third kappa shape index (κ3) is 40.8. The van der Waals surface area contributed by atoms with Crippen LogP contribution >= 0.6 is 0 Å². The van der Waals surface area contributed by atoms with Crippen LogP contribution in [-0.4, -0.2) is 73.6 Å². The molecule has 1 fully saturated rings. The Morgan fingerprint density at radius 3 is 1.17 bits per heavy atom. The lowest BCUT2D eigenvalue weighted by atomic mass is 9.90. The Labute approximate surface area is 369 Å². The molecule has 0 aromatic carbocycles. The summed E-state index contributed by atoms with van der Waals surface area (Å²) in [6, 6.07) is 0.586. The van der Waals surface area contributed by atoms with Crippen LogP contribution in [0.1, 0.15) is 266 Å². The smallest absolute Gasteiger partial charge is 0.290 e. The van der Waals surface area contributed by atoms with Gasteiger partial charge in [-0.2, -0.15) is 0 Å². The van der Waals surface area contributed by atoms with Crippen molar-refractivity contribution in [3.05, 3.63) is 0 Å². The van der Waals surface area contributed by atoms with Crippen LogP contribution in [0, 0.1) is 11.8 Å². The topological polar surface area (TPSA) is 96.3 Å². The molecule has 0 bridgehead atoms. The van der Waals surface area contributed by atoms with Crippen LogP contribution in [0.15, 0.2) is 0 Å². The summed E-state index contributed by atoms with van der Waals surface area (Å²) in [6.45, 7) is 17.6. The summed E-state index contributed by atoms with van der Waals surface area (Å²) in [6.07, 6.45) is 48.8. The van der Waals surface area contributed by atoms with Gasteiger partial charge in [-0.3, -0.25) is 4.79 Å². The molecule has 0 amide bonds. The van der Waals surface area contributed by atoms with Gasteiger partial charge in [-0.1, -0.05) is 220 Å². The maximum atomic E-state index is 8.36. The fourth-order valence-electron chi connectivity index (χ4n) is 8.77. The van der Waals surface area contributed by atoms with Crippen LogP contribution in [0.25, 0.3) is 0 Å². The van der Waals surface area contributed by atoms with Gasteiger partial charge >= 0.3 is 0 Å². The lowest BCUT2D eigenvalue weighted by Crippen LogP contribution is -2.33. The largest absolute Gasteiger partial charge is 0.483 e. The van der Waals surface area contributed by atoms with Gasteiger partial charge in [0.25, 0.3) is 6.47 Å². The Balaban J connectivity index is -0.00000420. The van der Waals surface area contributed by atoms with Crippen LogP contribution in [0.4, 0.5) is 0 Å². The molecule has 0 radical (unpaired) electrons. The quantitative estimate of drug-likeness (QED) is 0.0468. The molecular weight excluding hydrogens is 735 g/mol. The van der Waals surface area contributed by atoms with Crippen LogP contribution in [0.5, 0.6) is 0 Å². The summed E-state index contributed by atoms with van der Waals surface area (Å²) in [4.78, 5) is 18.8. The minimum atomic E-state index is -0.309. The third-order valence-corrected chi connectivity index (χ3v) is 12.8. The first-order chi connectivity index (χ1) is 28.8. The summed E-state index contributed by atoms with van der Waals surface area (Å²) < 4.78 is 13.4. The van der Waals surface area contributed by atoms with Gasteiger partial charge in [0, 0.05) is 32.5 Å². The van der Waals surface area contributed by atoms with Crippen molar-refractivity contribution in [3.63, 3.8) is 0 Å². The number of carbonyl (C=O) groups excluding carboxylic acids is 1. The van der Waals surface area contributed by atoms with E-state index in [2.05, 4.69) is 53.5 Å². The second-order valence-electron chi connectivity index (χ2n) is 18.2. The van der Waals surface area contributed by atoms with Gasteiger partial charge in [0.2, 0.25) is 0 Å². The van der Waals surface area contributed by atoms with Crippen molar-refractivity contribution < 1.29 is 29.3 Å². The highest BCUT2D eigenvalue weighted by atomic mass is 16.7.